The van der Waals surface area contributed by atoms with Gasteiger partial charge in [-0.05, 0) is 30.5 Å². The maximum atomic E-state index is 12.8. The number of carbonyl (C=O) groups excluding carboxylic acids is 1. The summed E-state index contributed by atoms with van der Waals surface area (Å²) in [5, 5.41) is 20.1. The largest absolute Gasteiger partial charge is 0.497 e. The van der Waals surface area contributed by atoms with E-state index in [1.807, 2.05) is 50.2 Å². The van der Waals surface area contributed by atoms with E-state index in [1.54, 1.807) is 14.2 Å². The van der Waals surface area contributed by atoms with Crippen LogP contribution in [0, 0.1) is 0 Å². The van der Waals surface area contributed by atoms with E-state index in [9.17, 15) is 9.90 Å². The van der Waals surface area contributed by atoms with Gasteiger partial charge in [0.1, 0.15) is 23.9 Å². The molecule has 34 heavy (non-hydrogen) atoms. The molecule has 1 aromatic carbocycles. The first-order chi connectivity index (χ1) is 16.3. The molecule has 2 aromatic rings. The molecule has 1 amide bonds. The van der Waals surface area contributed by atoms with Gasteiger partial charge in [0.05, 0.1) is 25.3 Å². The predicted molar refractivity (Wildman–Crippen MR) is 131 cm³/mol. The van der Waals surface area contributed by atoms with Crippen LogP contribution in [0.25, 0.3) is 0 Å². The number of aliphatic hydroxyl groups is 1. The Balaban J connectivity index is 1.67. The summed E-state index contributed by atoms with van der Waals surface area (Å²) in [7, 11) is 7.12. The summed E-state index contributed by atoms with van der Waals surface area (Å²) in [5.74, 6) is 1.56. The second-order valence-corrected chi connectivity index (χ2v) is 8.40. The van der Waals surface area contributed by atoms with Crippen LogP contribution in [0.15, 0.2) is 30.6 Å². The van der Waals surface area contributed by atoms with Crippen molar-refractivity contribution in [2.45, 2.75) is 50.3 Å². The highest BCUT2D eigenvalue weighted by Crippen LogP contribution is 2.31. The number of hydrogen-bond acceptors (Lipinski definition) is 10. The quantitative estimate of drug-likeness (QED) is 0.331. The van der Waals surface area contributed by atoms with Crippen LogP contribution in [0.2, 0.25) is 0 Å². The van der Waals surface area contributed by atoms with E-state index < -0.39 is 30.5 Å². The predicted octanol–water partition coefficient (Wildman–Crippen LogP) is 0.555. The van der Waals surface area contributed by atoms with Crippen molar-refractivity contribution in [2.75, 3.05) is 43.8 Å². The topological polar surface area (TPSA) is 147 Å². The molecule has 5 atom stereocenters. The molecule has 0 aliphatic carbocycles. The summed E-state index contributed by atoms with van der Waals surface area (Å²) in [6.45, 7) is 1.93. The number of aromatic nitrogens is 2. The third-order valence-corrected chi connectivity index (χ3v) is 5.84. The first-order valence-corrected chi connectivity index (χ1v) is 11.3. The first-order valence-electron chi connectivity index (χ1n) is 11.3. The Morgan fingerprint density at radius 2 is 2.00 bits per heavy atom. The van der Waals surface area contributed by atoms with Crippen LogP contribution in [0.4, 0.5) is 17.3 Å². The standard InChI is InChI=1S/C23H35N7O4/c1-6-16-17(28-22(32)15(24)11-13-7-9-14(33-5)10-8-13)19(31)23(34-16)29-20-18(25-2)21(30(3)4)27-12-26-20/h7-10,12,15-17,19,23,25,31H,6,11,24H2,1-5H3,(H,28,32)(H,26,27,29)/t15-,16?,17?,19?,23?/m0/s1. The first kappa shape index (κ1) is 25.5. The Hall–Kier alpha value is -3.15. The van der Waals surface area contributed by atoms with Crippen molar-refractivity contribution in [1.82, 2.24) is 15.3 Å². The lowest BCUT2D eigenvalue weighted by atomic mass is 10.0. The molecule has 4 unspecified atom stereocenters. The molecule has 1 aliphatic rings. The Bertz CT molecular complexity index is 957. The number of rotatable bonds is 10. The van der Waals surface area contributed by atoms with Crippen molar-refractivity contribution in [2.24, 2.45) is 5.73 Å². The minimum atomic E-state index is -1.01. The highest BCUT2D eigenvalue weighted by Gasteiger charge is 2.44. The van der Waals surface area contributed by atoms with Gasteiger partial charge in [-0.1, -0.05) is 19.1 Å². The Morgan fingerprint density at radius 3 is 2.59 bits per heavy atom. The van der Waals surface area contributed by atoms with Crippen molar-refractivity contribution in [3.05, 3.63) is 36.2 Å². The number of benzene rings is 1. The monoisotopic (exact) mass is 473 g/mol. The number of methoxy groups -OCH3 is 1. The lowest BCUT2D eigenvalue weighted by molar-refractivity contribution is -0.124. The van der Waals surface area contributed by atoms with E-state index >= 15 is 0 Å². The molecular weight excluding hydrogens is 438 g/mol. The van der Waals surface area contributed by atoms with Gasteiger partial charge in [0.2, 0.25) is 5.91 Å². The Kier molecular flexibility index (Phi) is 8.48. The lowest BCUT2D eigenvalue weighted by Gasteiger charge is -2.24. The number of ether oxygens (including phenoxy) is 2. The molecule has 2 heterocycles. The third kappa shape index (κ3) is 5.66. The average molecular weight is 474 g/mol. The van der Waals surface area contributed by atoms with Gasteiger partial charge in [-0.25, -0.2) is 9.97 Å². The summed E-state index contributed by atoms with van der Waals surface area (Å²) >= 11 is 0. The maximum absolute atomic E-state index is 12.8. The van der Waals surface area contributed by atoms with Crippen LogP contribution >= 0.6 is 0 Å². The van der Waals surface area contributed by atoms with Crippen LogP contribution < -0.4 is 31.3 Å². The van der Waals surface area contributed by atoms with Crippen LogP contribution in [0.3, 0.4) is 0 Å². The van der Waals surface area contributed by atoms with Crippen molar-refractivity contribution in [3.63, 3.8) is 0 Å². The van der Waals surface area contributed by atoms with E-state index in [4.69, 9.17) is 15.2 Å². The van der Waals surface area contributed by atoms with Crippen molar-refractivity contribution in [1.29, 1.82) is 0 Å². The number of aliphatic hydroxyl groups excluding tert-OH is 1. The Labute approximate surface area is 200 Å². The number of anilines is 3. The molecule has 6 N–H and O–H groups in total. The third-order valence-electron chi connectivity index (χ3n) is 5.84. The van der Waals surface area contributed by atoms with E-state index in [0.29, 0.717) is 30.2 Å². The number of hydrogen-bond donors (Lipinski definition) is 5. The molecule has 0 saturated carbocycles. The molecule has 1 saturated heterocycles. The second-order valence-electron chi connectivity index (χ2n) is 8.40. The van der Waals surface area contributed by atoms with Crippen LogP contribution in [0.1, 0.15) is 18.9 Å². The van der Waals surface area contributed by atoms with E-state index in [0.717, 1.165) is 11.3 Å². The van der Waals surface area contributed by atoms with Gasteiger partial charge >= 0.3 is 0 Å². The van der Waals surface area contributed by atoms with E-state index in [1.165, 1.54) is 6.33 Å². The zero-order valence-electron chi connectivity index (χ0n) is 20.3. The lowest BCUT2D eigenvalue weighted by Crippen LogP contribution is -2.53. The van der Waals surface area contributed by atoms with E-state index in [-0.39, 0.29) is 5.91 Å². The van der Waals surface area contributed by atoms with Gasteiger partial charge in [-0.3, -0.25) is 4.79 Å². The summed E-state index contributed by atoms with van der Waals surface area (Å²) in [6.07, 6.45) is 0.221. The summed E-state index contributed by atoms with van der Waals surface area (Å²) < 4.78 is 11.2. The van der Waals surface area contributed by atoms with Crippen molar-refractivity contribution < 1.29 is 19.4 Å². The van der Waals surface area contributed by atoms with Gasteiger partial charge in [-0.15, -0.1) is 0 Å². The summed E-state index contributed by atoms with van der Waals surface area (Å²) in [4.78, 5) is 23.3. The van der Waals surface area contributed by atoms with Crippen molar-refractivity contribution in [3.8, 4) is 5.75 Å². The molecule has 1 aromatic heterocycles. The number of amides is 1. The number of nitrogens with zero attached hydrogens (tertiary/aromatic N) is 3. The smallest absolute Gasteiger partial charge is 0.237 e. The maximum Gasteiger partial charge on any atom is 0.237 e. The van der Waals surface area contributed by atoms with Crippen LogP contribution in [0.5, 0.6) is 5.75 Å². The molecule has 3 rings (SSSR count). The molecule has 186 valence electrons. The zero-order chi connectivity index (χ0) is 24.8. The number of nitrogens with one attached hydrogen (secondary N) is 3. The minimum Gasteiger partial charge on any atom is -0.497 e. The SMILES string of the molecule is CCC1OC(Nc2ncnc(N(C)C)c2NC)C(O)C1NC(=O)[C@@H](N)Cc1ccc(OC)cc1. The highest BCUT2D eigenvalue weighted by molar-refractivity contribution is 5.82. The van der Waals surface area contributed by atoms with Crippen molar-refractivity contribution >= 4 is 23.2 Å². The van der Waals surface area contributed by atoms with E-state index in [2.05, 4.69) is 25.9 Å². The molecule has 0 bridgehead atoms. The van der Waals surface area contributed by atoms with Gasteiger partial charge in [0, 0.05) is 21.1 Å². The second kappa shape index (κ2) is 11.3. The van der Waals surface area contributed by atoms with Gasteiger partial charge < -0.3 is 41.2 Å². The fourth-order valence-electron chi connectivity index (χ4n) is 3.98. The molecule has 0 radical (unpaired) electrons. The zero-order valence-corrected chi connectivity index (χ0v) is 20.3. The molecule has 11 nitrogen and oxygen atoms in total. The number of carbonyl (C=O) groups is 1. The molecule has 11 heteroatoms. The number of nitrogens with two attached hydrogens (primary N) is 1. The average Bonchev–Trinajstić information content (AvgIpc) is 3.13. The molecule has 1 aliphatic heterocycles. The minimum absolute atomic E-state index is 0.351. The highest BCUT2D eigenvalue weighted by atomic mass is 16.5. The van der Waals surface area contributed by atoms with Gasteiger partial charge in [0.25, 0.3) is 0 Å². The van der Waals surface area contributed by atoms with Crippen LogP contribution in [-0.2, 0) is 16.0 Å². The molecule has 0 spiro atoms. The fraction of sp³-hybridized carbons (Fsp3) is 0.522. The summed E-state index contributed by atoms with van der Waals surface area (Å²) in [5.41, 5.74) is 7.75. The Morgan fingerprint density at radius 1 is 1.29 bits per heavy atom. The normalized spacial score (nSPS) is 22.7. The summed E-state index contributed by atoms with van der Waals surface area (Å²) in [6, 6.07) is 6.00. The fourth-order valence-corrected chi connectivity index (χ4v) is 3.98. The molecular formula is C23H35N7O4. The van der Waals surface area contributed by atoms with Gasteiger partial charge in [-0.2, -0.15) is 0 Å². The van der Waals surface area contributed by atoms with Crippen LogP contribution in [-0.4, -0.2) is 79.8 Å². The van der Waals surface area contributed by atoms with Gasteiger partial charge in [0.15, 0.2) is 17.9 Å². The molecule has 1 fully saturated rings.